The number of fused-ring (bicyclic) bond motifs is 1. The van der Waals surface area contributed by atoms with E-state index in [1.807, 2.05) is 31.2 Å². The number of nitrogens with one attached hydrogen (secondary N) is 1. The van der Waals surface area contributed by atoms with Crippen LogP contribution in [0.15, 0.2) is 59.5 Å². The number of rotatable bonds is 5. The van der Waals surface area contributed by atoms with E-state index in [9.17, 15) is 22.8 Å². The molecule has 0 aromatic heterocycles. The molecule has 1 aliphatic heterocycles. The molecule has 1 heterocycles. The molecular weight excluding hydrogens is 462 g/mol. The first-order valence-electron chi connectivity index (χ1n) is 9.04. The van der Waals surface area contributed by atoms with Gasteiger partial charge < -0.3 is 10.2 Å². The van der Waals surface area contributed by atoms with E-state index in [0.717, 1.165) is 17.7 Å². The van der Waals surface area contributed by atoms with E-state index in [2.05, 4.69) is 5.43 Å². The highest BCUT2D eigenvalue weighted by molar-refractivity contribution is 7.89. The van der Waals surface area contributed by atoms with Crippen molar-refractivity contribution in [2.75, 3.05) is 5.01 Å². The van der Waals surface area contributed by atoms with Gasteiger partial charge in [-0.2, -0.15) is 0 Å². The number of hydrogen-bond acceptors (Lipinski definition) is 6. The molecule has 10 nitrogen and oxygen atoms in total. The number of carboxylic acid groups (broad SMARTS) is 2. The third kappa shape index (κ3) is 6.54. The predicted octanol–water partition coefficient (Wildman–Crippen LogP) is 1.80. The third-order valence-corrected chi connectivity index (χ3v) is 5.69. The Morgan fingerprint density at radius 2 is 1.72 bits per heavy atom. The van der Waals surface area contributed by atoms with Gasteiger partial charge in [-0.15, -0.1) is 0 Å². The topological polar surface area (TPSA) is 167 Å². The summed E-state index contributed by atoms with van der Waals surface area (Å²) in [6, 6.07) is 11.9. The Bertz CT molecular complexity index is 1170. The molecule has 0 fully saturated rings. The summed E-state index contributed by atoms with van der Waals surface area (Å²) in [6.45, 7) is 2.00. The van der Waals surface area contributed by atoms with Gasteiger partial charge in [-0.3, -0.25) is 15.2 Å². The summed E-state index contributed by atoms with van der Waals surface area (Å²) in [7, 11) is -4.00. The first kappa shape index (κ1) is 24.9. The van der Waals surface area contributed by atoms with Gasteiger partial charge in [0.05, 0.1) is 16.8 Å². The number of nitrogens with two attached hydrogens (primary N) is 1. The van der Waals surface area contributed by atoms with E-state index in [1.54, 1.807) is 5.01 Å². The van der Waals surface area contributed by atoms with Crippen LogP contribution in [0.4, 0.5) is 5.69 Å². The van der Waals surface area contributed by atoms with E-state index in [4.69, 9.17) is 27.0 Å². The zero-order valence-electron chi connectivity index (χ0n) is 16.7. The lowest BCUT2D eigenvalue weighted by Gasteiger charge is -2.25. The van der Waals surface area contributed by atoms with E-state index >= 15 is 0 Å². The smallest absolute Gasteiger partial charge is 0.328 e. The second kappa shape index (κ2) is 10.3. The number of hydrogen-bond donors (Lipinski definition) is 4. The Kier molecular flexibility index (Phi) is 7.97. The summed E-state index contributed by atoms with van der Waals surface area (Å²) in [5, 5.41) is 22.5. The van der Waals surface area contributed by atoms with Crippen molar-refractivity contribution in [1.82, 2.24) is 5.43 Å². The van der Waals surface area contributed by atoms with Gasteiger partial charge >= 0.3 is 11.9 Å². The molecule has 1 atom stereocenters. The molecule has 1 amide bonds. The highest BCUT2D eigenvalue weighted by Gasteiger charge is 2.27. The zero-order chi connectivity index (χ0) is 24.1. The number of hydrazine groups is 1. The van der Waals surface area contributed by atoms with Crippen molar-refractivity contribution in [3.8, 4) is 0 Å². The maximum absolute atomic E-state index is 12.5. The standard InChI is InChI=1S/C16H16ClN3O3S.C4H4O4/c1-10-8-11-4-2-3-5-14(11)20(10)19-16(21)12-6-7-13(17)15(9-12)24(18,22)23;5-3(6)1-2-4(7)8/h2-7,9-10H,8H2,1H3,(H,19,21)(H2,18,22,23);1-2H,(H,5,6)(H,7,8)/b;2-1-. The Balaban J connectivity index is 0.000000390. The van der Waals surface area contributed by atoms with E-state index in [1.165, 1.54) is 18.2 Å². The first-order chi connectivity index (χ1) is 14.9. The minimum Gasteiger partial charge on any atom is -0.478 e. The van der Waals surface area contributed by atoms with Crippen molar-refractivity contribution >= 4 is 45.2 Å². The lowest BCUT2D eigenvalue weighted by molar-refractivity contribution is -0.134. The molecule has 0 spiro atoms. The molecule has 0 saturated carbocycles. The van der Waals surface area contributed by atoms with Gasteiger partial charge in [0.1, 0.15) is 4.90 Å². The predicted molar refractivity (Wildman–Crippen MR) is 117 cm³/mol. The molecular formula is C20H20ClN3O7S. The van der Waals surface area contributed by atoms with Gasteiger partial charge in [-0.25, -0.2) is 23.1 Å². The fourth-order valence-corrected chi connectivity index (χ4v) is 3.99. The quantitative estimate of drug-likeness (QED) is 0.469. The summed E-state index contributed by atoms with van der Waals surface area (Å²) in [4.78, 5) is 31.4. The molecule has 1 aliphatic rings. The number of carbonyl (C=O) groups is 3. The summed E-state index contributed by atoms with van der Waals surface area (Å²) in [5.74, 6) is -2.94. The van der Waals surface area contributed by atoms with Crippen LogP contribution in [0.5, 0.6) is 0 Å². The lowest BCUT2D eigenvalue weighted by atomic mass is 10.1. The normalized spacial score (nSPS) is 15.0. The van der Waals surface area contributed by atoms with Gasteiger partial charge in [0.2, 0.25) is 10.0 Å². The highest BCUT2D eigenvalue weighted by atomic mass is 35.5. The Hall–Kier alpha value is -3.41. The third-order valence-electron chi connectivity index (χ3n) is 4.30. The first-order valence-corrected chi connectivity index (χ1v) is 11.0. The fraction of sp³-hybridized carbons (Fsp3) is 0.150. The number of primary sulfonamides is 1. The number of amides is 1. The molecule has 0 bridgehead atoms. The molecule has 0 aliphatic carbocycles. The minimum absolute atomic E-state index is 0.0195. The summed E-state index contributed by atoms with van der Waals surface area (Å²) < 4.78 is 23.1. The Morgan fingerprint density at radius 1 is 1.12 bits per heavy atom. The van der Waals surface area contributed by atoms with E-state index < -0.39 is 27.9 Å². The summed E-state index contributed by atoms with van der Waals surface area (Å²) in [6.07, 6.45) is 1.93. The number of carboxylic acids is 2. The average Bonchev–Trinajstić information content (AvgIpc) is 3.01. The number of halogens is 1. The van der Waals surface area contributed by atoms with Crippen molar-refractivity contribution in [2.24, 2.45) is 5.14 Å². The zero-order valence-corrected chi connectivity index (χ0v) is 18.3. The number of benzene rings is 2. The maximum atomic E-state index is 12.5. The van der Waals surface area contributed by atoms with Gasteiger partial charge in [0, 0.05) is 17.7 Å². The number of aliphatic carboxylic acids is 2. The minimum atomic E-state index is -4.00. The number of anilines is 1. The molecule has 12 heteroatoms. The van der Waals surface area contributed by atoms with Gasteiger partial charge in [-0.1, -0.05) is 29.8 Å². The molecule has 0 radical (unpaired) electrons. The molecule has 32 heavy (non-hydrogen) atoms. The molecule has 5 N–H and O–H groups in total. The van der Waals surface area contributed by atoms with Gasteiger partial charge in [0.25, 0.3) is 5.91 Å². The van der Waals surface area contributed by atoms with E-state index in [-0.39, 0.29) is 21.5 Å². The molecule has 3 rings (SSSR count). The van der Waals surface area contributed by atoms with Gasteiger partial charge in [-0.05, 0) is 43.2 Å². The van der Waals surface area contributed by atoms with Crippen LogP contribution in [-0.4, -0.2) is 42.5 Å². The Labute approximate surface area is 188 Å². The van der Waals surface area contributed by atoms with Crippen LogP contribution in [0.1, 0.15) is 22.8 Å². The van der Waals surface area contributed by atoms with Crippen molar-refractivity contribution in [3.63, 3.8) is 0 Å². The largest absolute Gasteiger partial charge is 0.478 e. The second-order valence-electron chi connectivity index (χ2n) is 6.69. The average molecular weight is 482 g/mol. The van der Waals surface area contributed by atoms with Crippen LogP contribution in [0.3, 0.4) is 0 Å². The number of sulfonamides is 1. The fourth-order valence-electron chi connectivity index (χ4n) is 2.92. The van der Waals surface area contributed by atoms with Crippen LogP contribution in [0.25, 0.3) is 0 Å². The number of para-hydroxylation sites is 1. The van der Waals surface area contributed by atoms with Crippen LogP contribution >= 0.6 is 11.6 Å². The van der Waals surface area contributed by atoms with Crippen molar-refractivity contribution in [2.45, 2.75) is 24.3 Å². The molecule has 0 saturated heterocycles. The SMILES string of the molecule is CC1Cc2ccccc2N1NC(=O)c1ccc(Cl)c(S(N)(=O)=O)c1.O=C(O)/C=C\C(=O)O. The molecule has 2 aromatic carbocycles. The summed E-state index contributed by atoms with van der Waals surface area (Å²) in [5.41, 5.74) is 5.06. The Morgan fingerprint density at radius 3 is 2.28 bits per heavy atom. The number of carbonyl (C=O) groups excluding carboxylic acids is 1. The van der Waals surface area contributed by atoms with Gasteiger partial charge in [0.15, 0.2) is 0 Å². The number of nitrogens with zero attached hydrogens (tertiary/aromatic N) is 1. The summed E-state index contributed by atoms with van der Waals surface area (Å²) >= 11 is 5.84. The van der Waals surface area contributed by atoms with Crippen molar-refractivity contribution < 1.29 is 33.0 Å². The second-order valence-corrected chi connectivity index (χ2v) is 8.63. The van der Waals surface area contributed by atoms with Crippen LogP contribution in [0, 0.1) is 0 Å². The highest BCUT2D eigenvalue weighted by Crippen LogP contribution is 2.30. The molecule has 1 unspecified atom stereocenters. The molecule has 170 valence electrons. The van der Waals surface area contributed by atoms with Crippen molar-refractivity contribution in [1.29, 1.82) is 0 Å². The van der Waals surface area contributed by atoms with Crippen molar-refractivity contribution in [3.05, 3.63) is 70.8 Å². The van der Waals surface area contributed by atoms with Crippen LogP contribution in [0.2, 0.25) is 5.02 Å². The van der Waals surface area contributed by atoms with E-state index in [0.29, 0.717) is 12.2 Å². The lowest BCUT2D eigenvalue weighted by Crippen LogP contribution is -2.45. The van der Waals surface area contributed by atoms with Crippen LogP contribution in [-0.2, 0) is 26.0 Å². The molecule has 2 aromatic rings. The van der Waals surface area contributed by atoms with Crippen LogP contribution < -0.4 is 15.6 Å². The monoisotopic (exact) mass is 481 g/mol. The maximum Gasteiger partial charge on any atom is 0.328 e.